The van der Waals surface area contributed by atoms with Crippen LogP contribution < -0.4 is 5.32 Å². The van der Waals surface area contributed by atoms with Crippen molar-refractivity contribution in [3.63, 3.8) is 0 Å². The van der Waals surface area contributed by atoms with E-state index in [1.54, 1.807) is 0 Å². The number of H-pyrrole nitrogens is 2. The zero-order valence-electron chi connectivity index (χ0n) is 28.4. The SMILES string of the molecule is CC(=O)Nc1cc2[nH]c1c(-c1ccccc1)c1nc(c(-c3ccccc3)c3ccc([nH]3)c(-c3ccccc3)c3nc(c2-c2ccccc2)C=C3)C=C1. The zero-order valence-corrected chi connectivity index (χ0v) is 28.4. The summed E-state index contributed by atoms with van der Waals surface area (Å²) < 4.78 is 0. The molecule has 0 saturated carbocycles. The molecule has 8 bridgehead atoms. The van der Waals surface area contributed by atoms with E-state index in [2.05, 4.69) is 125 Å². The molecule has 52 heavy (non-hydrogen) atoms. The summed E-state index contributed by atoms with van der Waals surface area (Å²) in [6.07, 6.45) is 8.31. The first-order valence-electron chi connectivity index (χ1n) is 17.3. The third-order valence-electron chi connectivity index (χ3n) is 9.43. The predicted octanol–water partition coefficient (Wildman–Crippen LogP) is 11.3. The van der Waals surface area contributed by atoms with Gasteiger partial charge in [-0.3, -0.25) is 4.79 Å². The van der Waals surface area contributed by atoms with Crippen molar-refractivity contribution in [2.45, 2.75) is 6.92 Å². The van der Waals surface area contributed by atoms with Crippen molar-refractivity contribution in [2.24, 2.45) is 0 Å². The average molecular weight is 672 g/mol. The molecule has 2 aliphatic heterocycles. The molecule has 3 N–H and O–H groups in total. The maximum Gasteiger partial charge on any atom is 0.221 e. The van der Waals surface area contributed by atoms with Crippen molar-refractivity contribution in [1.29, 1.82) is 0 Å². The summed E-state index contributed by atoms with van der Waals surface area (Å²) in [5.74, 6) is -0.166. The number of anilines is 1. The molecule has 2 aliphatic rings. The maximum absolute atomic E-state index is 12.8. The molecule has 0 fully saturated rings. The van der Waals surface area contributed by atoms with E-state index in [1.165, 1.54) is 6.92 Å². The van der Waals surface area contributed by atoms with Crippen molar-refractivity contribution in [2.75, 3.05) is 5.32 Å². The second-order valence-electron chi connectivity index (χ2n) is 12.8. The van der Waals surface area contributed by atoms with Crippen LogP contribution in [0, 0.1) is 0 Å². The van der Waals surface area contributed by atoms with E-state index in [9.17, 15) is 4.79 Å². The number of hydrogen-bond acceptors (Lipinski definition) is 3. The van der Waals surface area contributed by atoms with E-state index in [4.69, 9.17) is 9.97 Å². The van der Waals surface area contributed by atoms with Crippen LogP contribution in [0.5, 0.6) is 0 Å². The lowest BCUT2D eigenvalue weighted by Crippen LogP contribution is -2.05. The minimum atomic E-state index is -0.166. The van der Waals surface area contributed by atoms with E-state index in [0.29, 0.717) is 5.69 Å². The first-order chi connectivity index (χ1) is 25.6. The molecule has 6 nitrogen and oxygen atoms in total. The second kappa shape index (κ2) is 13.0. The van der Waals surface area contributed by atoms with Gasteiger partial charge in [0, 0.05) is 40.2 Å². The van der Waals surface area contributed by atoms with Gasteiger partial charge in [-0.25, -0.2) is 9.97 Å². The lowest BCUT2D eigenvalue weighted by molar-refractivity contribution is -0.114. The zero-order chi connectivity index (χ0) is 35.0. The summed E-state index contributed by atoms with van der Waals surface area (Å²) in [7, 11) is 0. The third-order valence-corrected chi connectivity index (χ3v) is 9.43. The number of carbonyl (C=O) groups is 1. The minimum Gasteiger partial charge on any atom is -0.354 e. The van der Waals surface area contributed by atoms with E-state index in [-0.39, 0.29) is 5.91 Å². The van der Waals surface area contributed by atoms with Gasteiger partial charge in [0.15, 0.2) is 0 Å². The van der Waals surface area contributed by atoms with E-state index in [0.717, 1.165) is 89.4 Å². The molecule has 0 spiro atoms. The number of benzene rings is 4. The summed E-state index contributed by atoms with van der Waals surface area (Å²) in [5, 5.41) is 3.13. The number of nitrogens with zero attached hydrogens (tertiary/aromatic N) is 2. The number of aromatic nitrogens is 4. The largest absolute Gasteiger partial charge is 0.354 e. The number of nitrogens with one attached hydrogen (secondary N) is 3. The Morgan fingerprint density at radius 1 is 0.462 bits per heavy atom. The molecule has 9 rings (SSSR count). The molecular formula is C46H33N5O. The topological polar surface area (TPSA) is 86.5 Å². The molecule has 5 heterocycles. The lowest BCUT2D eigenvalue weighted by Gasteiger charge is -2.07. The molecule has 6 heteroatoms. The van der Waals surface area contributed by atoms with Gasteiger partial charge in [0.1, 0.15) is 0 Å². The molecular weight excluding hydrogens is 639 g/mol. The Kier molecular flexibility index (Phi) is 7.75. The van der Waals surface area contributed by atoms with Gasteiger partial charge in [0.25, 0.3) is 0 Å². The highest BCUT2D eigenvalue weighted by molar-refractivity contribution is 6.06. The fourth-order valence-electron chi connectivity index (χ4n) is 7.21. The molecule has 0 atom stereocenters. The van der Waals surface area contributed by atoms with Gasteiger partial charge < -0.3 is 15.3 Å². The smallest absolute Gasteiger partial charge is 0.221 e. The third kappa shape index (κ3) is 5.62. The van der Waals surface area contributed by atoms with Crippen molar-refractivity contribution in [3.05, 3.63) is 162 Å². The van der Waals surface area contributed by atoms with Gasteiger partial charge in [-0.15, -0.1) is 0 Å². The van der Waals surface area contributed by atoms with Crippen molar-refractivity contribution in [1.82, 2.24) is 19.9 Å². The molecule has 1 amide bonds. The van der Waals surface area contributed by atoms with Gasteiger partial charge in [-0.1, -0.05) is 121 Å². The monoisotopic (exact) mass is 671 g/mol. The number of carbonyl (C=O) groups excluding carboxylic acids is 1. The lowest BCUT2D eigenvalue weighted by atomic mass is 10.0. The maximum atomic E-state index is 12.8. The van der Waals surface area contributed by atoms with E-state index in [1.807, 2.05) is 54.6 Å². The first-order valence-corrected chi connectivity index (χ1v) is 17.3. The molecule has 248 valence electrons. The van der Waals surface area contributed by atoms with Gasteiger partial charge >= 0.3 is 0 Å². The molecule has 0 saturated heterocycles. The van der Waals surface area contributed by atoms with E-state index >= 15 is 0 Å². The van der Waals surface area contributed by atoms with Crippen molar-refractivity contribution >= 4 is 58.0 Å². The molecule has 0 unspecified atom stereocenters. The Hall–Kier alpha value is -7.05. The van der Waals surface area contributed by atoms with Crippen LogP contribution in [0.3, 0.4) is 0 Å². The average Bonchev–Trinajstić information content (AvgIpc) is 4.01. The molecule has 0 radical (unpaired) electrons. The van der Waals surface area contributed by atoms with Crippen molar-refractivity contribution < 1.29 is 4.79 Å². The first kappa shape index (κ1) is 31.0. The van der Waals surface area contributed by atoms with Crippen LogP contribution in [-0.4, -0.2) is 25.8 Å². The molecule has 7 aromatic rings. The van der Waals surface area contributed by atoms with Crippen LogP contribution in [0.4, 0.5) is 5.69 Å². The molecule has 3 aromatic heterocycles. The summed E-state index contributed by atoms with van der Waals surface area (Å²) in [5.41, 5.74) is 15.2. The molecule has 0 aliphatic carbocycles. The fourth-order valence-corrected chi connectivity index (χ4v) is 7.21. The van der Waals surface area contributed by atoms with Gasteiger partial charge in [0.2, 0.25) is 5.91 Å². The number of amides is 1. The Balaban J connectivity index is 1.52. The Bertz CT molecular complexity index is 2710. The quantitative estimate of drug-likeness (QED) is 0.170. The summed E-state index contributed by atoms with van der Waals surface area (Å²) in [6.45, 7) is 1.53. The highest BCUT2D eigenvalue weighted by Crippen LogP contribution is 2.40. The molecule has 4 aromatic carbocycles. The number of rotatable bonds is 5. The summed E-state index contributed by atoms with van der Waals surface area (Å²) in [6, 6.07) is 47.5. The number of aromatic amines is 2. The Morgan fingerprint density at radius 3 is 1.23 bits per heavy atom. The second-order valence-corrected chi connectivity index (χ2v) is 12.8. The fraction of sp³-hybridized carbons (Fsp3) is 0.0217. The van der Waals surface area contributed by atoms with Gasteiger partial charge in [-0.2, -0.15) is 0 Å². The van der Waals surface area contributed by atoms with Gasteiger partial charge in [0.05, 0.1) is 39.5 Å². The Morgan fingerprint density at radius 2 is 0.827 bits per heavy atom. The normalized spacial score (nSPS) is 11.9. The minimum absolute atomic E-state index is 0.166. The van der Waals surface area contributed by atoms with Crippen molar-refractivity contribution in [3.8, 4) is 44.5 Å². The number of fused-ring (bicyclic) bond motifs is 8. The highest BCUT2D eigenvalue weighted by Gasteiger charge is 2.20. The Labute approximate surface area is 300 Å². The highest BCUT2D eigenvalue weighted by atomic mass is 16.1. The summed E-state index contributed by atoms with van der Waals surface area (Å²) >= 11 is 0. The number of hydrogen-bond donors (Lipinski definition) is 3. The standard InChI is InChI=1S/C46H33N5O/c1-29(52)47-41-28-40-44(32-18-10-4-11-19-32)38-25-24-36(49-38)42(30-14-6-2-7-15-30)34-22-23-35(48-34)43(31-16-8-3-9-17-31)37-26-27-39(50-37)45(46(41)51-40)33-20-12-5-13-21-33/h2-28,48,51H,1H3,(H,47,52). The van der Waals surface area contributed by atoms with Crippen LogP contribution >= 0.6 is 0 Å². The van der Waals surface area contributed by atoms with Crippen LogP contribution in [0.2, 0.25) is 0 Å². The predicted molar refractivity (Wildman–Crippen MR) is 215 cm³/mol. The van der Waals surface area contributed by atoms with Crippen LogP contribution in [0.1, 0.15) is 29.7 Å². The van der Waals surface area contributed by atoms with Gasteiger partial charge in [-0.05, 0) is 64.8 Å². The summed E-state index contributed by atoms with van der Waals surface area (Å²) in [4.78, 5) is 31.0. The van der Waals surface area contributed by atoms with E-state index < -0.39 is 0 Å². The van der Waals surface area contributed by atoms with Crippen LogP contribution in [0.15, 0.2) is 140 Å². The van der Waals surface area contributed by atoms with Crippen LogP contribution in [0.25, 0.3) is 90.9 Å². The van der Waals surface area contributed by atoms with Crippen LogP contribution in [-0.2, 0) is 4.79 Å².